The number of hydrogen-bond donors (Lipinski definition) is 1. The SMILES string of the molecule is Cc1cc(CCCc2ccccc2)oc(=O)c1C(=O)NCCc1cnn(C)c1. The van der Waals surface area contributed by atoms with E-state index in [9.17, 15) is 9.59 Å². The Morgan fingerprint density at radius 3 is 2.61 bits per heavy atom. The van der Waals surface area contributed by atoms with Crippen LogP contribution >= 0.6 is 0 Å². The lowest BCUT2D eigenvalue weighted by molar-refractivity contribution is 0.0949. The first kappa shape index (κ1) is 19.6. The minimum atomic E-state index is -0.575. The zero-order valence-corrected chi connectivity index (χ0v) is 16.3. The Balaban J connectivity index is 1.56. The summed E-state index contributed by atoms with van der Waals surface area (Å²) >= 11 is 0. The van der Waals surface area contributed by atoms with Gasteiger partial charge in [0.15, 0.2) is 0 Å². The van der Waals surface area contributed by atoms with E-state index in [-0.39, 0.29) is 5.56 Å². The van der Waals surface area contributed by atoms with Gasteiger partial charge in [-0.05, 0) is 48.9 Å². The van der Waals surface area contributed by atoms with Crippen LogP contribution in [-0.4, -0.2) is 22.2 Å². The third-order valence-electron chi connectivity index (χ3n) is 4.62. The summed E-state index contributed by atoms with van der Waals surface area (Å²) in [6, 6.07) is 12.0. The molecule has 1 aromatic carbocycles. The molecule has 1 amide bonds. The second-order valence-corrected chi connectivity index (χ2v) is 6.93. The Morgan fingerprint density at radius 2 is 1.93 bits per heavy atom. The maximum atomic E-state index is 12.4. The number of nitrogens with zero attached hydrogens (tertiary/aromatic N) is 2. The molecule has 0 bridgehead atoms. The largest absolute Gasteiger partial charge is 0.427 e. The van der Waals surface area contributed by atoms with E-state index in [1.165, 1.54) is 5.56 Å². The Bertz CT molecular complexity index is 990. The molecule has 0 aliphatic rings. The van der Waals surface area contributed by atoms with E-state index in [2.05, 4.69) is 22.5 Å². The van der Waals surface area contributed by atoms with Crippen LogP contribution in [0.3, 0.4) is 0 Å². The number of hydrogen-bond acceptors (Lipinski definition) is 4. The summed E-state index contributed by atoms with van der Waals surface area (Å²) in [5.74, 6) is 0.219. The molecule has 0 atom stereocenters. The molecular formula is C22H25N3O3. The maximum Gasteiger partial charge on any atom is 0.349 e. The highest BCUT2D eigenvalue weighted by Crippen LogP contribution is 2.11. The normalized spacial score (nSPS) is 10.8. The fourth-order valence-corrected chi connectivity index (χ4v) is 3.19. The van der Waals surface area contributed by atoms with Crippen LogP contribution in [-0.2, 0) is 26.3 Å². The number of nitrogens with one attached hydrogen (secondary N) is 1. The molecular weight excluding hydrogens is 354 g/mol. The average Bonchev–Trinajstić information content (AvgIpc) is 3.07. The van der Waals surface area contributed by atoms with Gasteiger partial charge in [-0.15, -0.1) is 0 Å². The van der Waals surface area contributed by atoms with Crippen LogP contribution in [0.25, 0.3) is 0 Å². The monoisotopic (exact) mass is 379 g/mol. The molecule has 1 N–H and O–H groups in total. The van der Waals surface area contributed by atoms with Gasteiger partial charge in [0.1, 0.15) is 11.3 Å². The molecule has 28 heavy (non-hydrogen) atoms. The number of aryl methyl sites for hydroxylation is 4. The Hall–Kier alpha value is -3.15. The summed E-state index contributed by atoms with van der Waals surface area (Å²) in [5.41, 5.74) is 2.43. The Labute approximate surface area is 164 Å². The highest BCUT2D eigenvalue weighted by molar-refractivity contribution is 5.95. The lowest BCUT2D eigenvalue weighted by Crippen LogP contribution is -2.31. The summed E-state index contributed by atoms with van der Waals surface area (Å²) in [6.45, 7) is 2.20. The number of benzene rings is 1. The molecule has 3 aromatic rings. The van der Waals surface area contributed by atoms with Crippen molar-refractivity contribution >= 4 is 5.91 Å². The van der Waals surface area contributed by atoms with Crippen molar-refractivity contribution in [3.8, 4) is 0 Å². The van der Waals surface area contributed by atoms with Gasteiger partial charge in [0, 0.05) is 26.2 Å². The van der Waals surface area contributed by atoms with Crippen molar-refractivity contribution in [1.29, 1.82) is 0 Å². The van der Waals surface area contributed by atoms with E-state index in [0.717, 1.165) is 18.4 Å². The first-order chi connectivity index (χ1) is 13.5. The summed E-state index contributed by atoms with van der Waals surface area (Å²) < 4.78 is 7.10. The molecule has 2 aromatic heterocycles. The van der Waals surface area contributed by atoms with E-state index in [1.54, 1.807) is 23.9 Å². The quantitative estimate of drug-likeness (QED) is 0.653. The highest BCUT2D eigenvalue weighted by Gasteiger charge is 2.16. The van der Waals surface area contributed by atoms with Gasteiger partial charge in [-0.1, -0.05) is 30.3 Å². The van der Waals surface area contributed by atoms with Gasteiger partial charge in [0.25, 0.3) is 5.91 Å². The molecule has 6 nitrogen and oxygen atoms in total. The molecule has 0 aliphatic heterocycles. The molecule has 2 heterocycles. The number of rotatable bonds is 8. The van der Waals surface area contributed by atoms with Crippen molar-refractivity contribution in [2.75, 3.05) is 6.54 Å². The molecule has 146 valence electrons. The van der Waals surface area contributed by atoms with Crippen molar-refractivity contribution in [2.24, 2.45) is 7.05 Å². The fourth-order valence-electron chi connectivity index (χ4n) is 3.19. The first-order valence-corrected chi connectivity index (χ1v) is 9.46. The average molecular weight is 379 g/mol. The van der Waals surface area contributed by atoms with Gasteiger partial charge in [0.2, 0.25) is 0 Å². The lowest BCUT2D eigenvalue weighted by atomic mass is 10.1. The third-order valence-corrected chi connectivity index (χ3v) is 4.62. The minimum Gasteiger partial charge on any atom is -0.427 e. The van der Waals surface area contributed by atoms with Crippen molar-refractivity contribution in [3.05, 3.63) is 87.2 Å². The van der Waals surface area contributed by atoms with Gasteiger partial charge in [-0.2, -0.15) is 5.10 Å². The molecule has 0 saturated carbocycles. The smallest absolute Gasteiger partial charge is 0.349 e. The van der Waals surface area contributed by atoms with Crippen LogP contribution < -0.4 is 10.9 Å². The van der Waals surface area contributed by atoms with Crippen LogP contribution in [0.5, 0.6) is 0 Å². The number of amides is 1. The van der Waals surface area contributed by atoms with Crippen molar-refractivity contribution in [2.45, 2.75) is 32.6 Å². The number of carbonyl (C=O) groups excluding carboxylic acids is 1. The first-order valence-electron chi connectivity index (χ1n) is 9.46. The summed E-state index contributed by atoms with van der Waals surface area (Å²) in [7, 11) is 1.85. The predicted molar refractivity (Wildman–Crippen MR) is 107 cm³/mol. The van der Waals surface area contributed by atoms with Gasteiger partial charge >= 0.3 is 5.63 Å². The Kier molecular flexibility index (Phi) is 6.42. The van der Waals surface area contributed by atoms with Crippen molar-refractivity contribution in [1.82, 2.24) is 15.1 Å². The molecule has 0 spiro atoms. The highest BCUT2D eigenvalue weighted by atomic mass is 16.4. The van der Waals surface area contributed by atoms with E-state index in [4.69, 9.17) is 4.42 Å². The number of carbonyl (C=O) groups is 1. The van der Waals surface area contributed by atoms with Crippen LogP contribution in [0.1, 0.15) is 39.2 Å². The van der Waals surface area contributed by atoms with Crippen LogP contribution in [0, 0.1) is 6.92 Å². The van der Waals surface area contributed by atoms with Gasteiger partial charge in [0.05, 0.1) is 6.20 Å². The predicted octanol–water partition coefficient (Wildman–Crippen LogP) is 2.83. The van der Waals surface area contributed by atoms with E-state index >= 15 is 0 Å². The number of aromatic nitrogens is 2. The van der Waals surface area contributed by atoms with Crippen LogP contribution in [0.4, 0.5) is 0 Å². The zero-order chi connectivity index (χ0) is 19.9. The molecule has 0 saturated heterocycles. The van der Waals surface area contributed by atoms with Gasteiger partial charge < -0.3 is 9.73 Å². The van der Waals surface area contributed by atoms with Crippen LogP contribution in [0.2, 0.25) is 0 Å². The van der Waals surface area contributed by atoms with E-state index < -0.39 is 11.5 Å². The molecule has 3 rings (SSSR count). The van der Waals surface area contributed by atoms with Gasteiger partial charge in [-0.3, -0.25) is 9.48 Å². The van der Waals surface area contributed by atoms with E-state index in [1.807, 2.05) is 31.4 Å². The summed E-state index contributed by atoms with van der Waals surface area (Å²) in [5, 5.41) is 6.88. The molecule has 0 radical (unpaired) electrons. The molecule has 6 heteroatoms. The van der Waals surface area contributed by atoms with Crippen LogP contribution in [0.15, 0.2) is 58.0 Å². The van der Waals surface area contributed by atoms with Crippen molar-refractivity contribution < 1.29 is 9.21 Å². The third kappa shape index (κ3) is 5.19. The van der Waals surface area contributed by atoms with Crippen molar-refractivity contribution in [3.63, 3.8) is 0 Å². The standard InChI is InChI=1S/C22H25N3O3/c1-16-13-19(10-6-9-17-7-4-3-5-8-17)28-22(27)20(16)21(26)23-12-11-18-14-24-25(2)15-18/h3-5,7-8,13-15H,6,9-12H2,1-2H3,(H,23,26). The summed E-state index contributed by atoms with van der Waals surface area (Å²) in [4.78, 5) is 24.7. The Morgan fingerprint density at radius 1 is 1.14 bits per heavy atom. The molecule has 0 fully saturated rings. The van der Waals surface area contributed by atoms with E-state index in [0.29, 0.717) is 30.7 Å². The molecule has 0 aliphatic carbocycles. The maximum absolute atomic E-state index is 12.4. The summed E-state index contributed by atoms with van der Waals surface area (Å²) in [6.07, 6.45) is 6.77. The fraction of sp³-hybridized carbons (Fsp3) is 0.318. The minimum absolute atomic E-state index is 0.0815. The zero-order valence-electron chi connectivity index (χ0n) is 16.3. The second kappa shape index (κ2) is 9.17. The second-order valence-electron chi connectivity index (χ2n) is 6.93. The lowest BCUT2D eigenvalue weighted by Gasteiger charge is -2.08. The van der Waals surface area contributed by atoms with Gasteiger partial charge in [-0.25, -0.2) is 4.79 Å². The topological polar surface area (TPSA) is 77.1 Å². The molecule has 0 unspecified atom stereocenters.